The zero-order valence-electron chi connectivity index (χ0n) is 13.6. The molecule has 2 atom stereocenters. The number of carbonyl (C=O) groups is 1. The Hall–Kier alpha value is -2.54. The van der Waals surface area contributed by atoms with E-state index in [0.29, 0.717) is 18.8 Å². The summed E-state index contributed by atoms with van der Waals surface area (Å²) >= 11 is 0. The summed E-state index contributed by atoms with van der Waals surface area (Å²) in [5.74, 6) is 0.605. The predicted molar refractivity (Wildman–Crippen MR) is 89.7 cm³/mol. The lowest BCUT2D eigenvalue weighted by molar-refractivity contribution is 0.0620. The van der Waals surface area contributed by atoms with Gasteiger partial charge in [0.25, 0.3) is 5.91 Å². The van der Waals surface area contributed by atoms with Gasteiger partial charge in [-0.15, -0.1) is 0 Å². The van der Waals surface area contributed by atoms with Crippen molar-refractivity contribution in [2.45, 2.75) is 31.8 Å². The van der Waals surface area contributed by atoms with E-state index in [-0.39, 0.29) is 18.0 Å². The number of nitrogens with zero attached hydrogens (tertiary/aromatic N) is 3. The third-order valence-corrected chi connectivity index (χ3v) is 4.05. The molecule has 3 heterocycles. The Bertz CT molecular complexity index is 680. The Morgan fingerprint density at radius 1 is 1.33 bits per heavy atom. The van der Waals surface area contributed by atoms with E-state index in [1.165, 1.54) is 6.33 Å². The smallest absolute Gasteiger partial charge is 0.253 e. The van der Waals surface area contributed by atoms with Gasteiger partial charge in [-0.2, -0.15) is 0 Å². The molecule has 7 nitrogen and oxygen atoms in total. The molecule has 0 radical (unpaired) electrons. The van der Waals surface area contributed by atoms with Crippen molar-refractivity contribution >= 4 is 11.7 Å². The summed E-state index contributed by atoms with van der Waals surface area (Å²) in [4.78, 5) is 24.7. The Balaban J connectivity index is 1.67. The van der Waals surface area contributed by atoms with Crippen molar-refractivity contribution in [2.24, 2.45) is 0 Å². The molecule has 1 amide bonds. The lowest BCUT2D eigenvalue weighted by Crippen LogP contribution is -2.52. The van der Waals surface area contributed by atoms with E-state index >= 15 is 0 Å². The van der Waals surface area contributed by atoms with E-state index in [2.05, 4.69) is 25.6 Å². The molecule has 0 bridgehead atoms. The summed E-state index contributed by atoms with van der Waals surface area (Å²) in [5, 5.41) is 6.40. The standard InChI is InChI=1S/C17H21N5O2/c1-2-12-7-13(9-19-8-12)17(23)22-14-4-6-24-10-15(14)21-16-3-5-18-11-20-16/h3,5,7-9,11,14-15H,2,4,6,10H2,1H3,(H,22,23)(H,18,20,21)/t14-,15+/m0/s1. The highest BCUT2D eigenvalue weighted by Crippen LogP contribution is 2.14. The van der Waals surface area contributed by atoms with Crippen LogP contribution in [0.5, 0.6) is 0 Å². The largest absolute Gasteiger partial charge is 0.379 e. The van der Waals surface area contributed by atoms with Crippen molar-refractivity contribution in [1.82, 2.24) is 20.3 Å². The van der Waals surface area contributed by atoms with Crippen molar-refractivity contribution in [3.63, 3.8) is 0 Å². The molecule has 1 aliphatic heterocycles. The molecular weight excluding hydrogens is 306 g/mol. The van der Waals surface area contributed by atoms with Crippen molar-refractivity contribution in [3.05, 3.63) is 48.2 Å². The molecule has 2 aromatic rings. The molecule has 1 fully saturated rings. The second-order valence-electron chi connectivity index (χ2n) is 5.72. The Morgan fingerprint density at radius 3 is 3.04 bits per heavy atom. The monoisotopic (exact) mass is 327 g/mol. The van der Waals surface area contributed by atoms with Gasteiger partial charge in [0.2, 0.25) is 0 Å². The van der Waals surface area contributed by atoms with Crippen LogP contribution in [0.1, 0.15) is 29.3 Å². The lowest BCUT2D eigenvalue weighted by Gasteiger charge is -2.33. The Kier molecular flexibility index (Phi) is 5.32. The quantitative estimate of drug-likeness (QED) is 0.864. The summed E-state index contributed by atoms with van der Waals surface area (Å²) in [6, 6.07) is 3.60. The summed E-state index contributed by atoms with van der Waals surface area (Å²) in [7, 11) is 0. The molecule has 2 N–H and O–H groups in total. The number of aryl methyl sites for hydroxylation is 1. The number of anilines is 1. The van der Waals surface area contributed by atoms with Gasteiger partial charge in [-0.3, -0.25) is 9.78 Å². The first-order valence-electron chi connectivity index (χ1n) is 8.11. The molecule has 0 saturated carbocycles. The highest BCUT2D eigenvalue weighted by Gasteiger charge is 2.27. The molecule has 0 aromatic carbocycles. The van der Waals surface area contributed by atoms with Gasteiger partial charge >= 0.3 is 0 Å². The topological polar surface area (TPSA) is 89.0 Å². The maximum absolute atomic E-state index is 12.5. The number of hydrogen-bond donors (Lipinski definition) is 2. The van der Waals surface area contributed by atoms with E-state index in [1.807, 2.05) is 13.0 Å². The van der Waals surface area contributed by atoms with Crippen molar-refractivity contribution in [3.8, 4) is 0 Å². The van der Waals surface area contributed by atoms with Gasteiger partial charge < -0.3 is 15.4 Å². The summed E-state index contributed by atoms with van der Waals surface area (Å²) in [6.45, 7) is 3.18. The third-order valence-electron chi connectivity index (χ3n) is 4.05. The van der Waals surface area contributed by atoms with Crippen LogP contribution in [0.3, 0.4) is 0 Å². The average Bonchev–Trinajstić information content (AvgIpc) is 2.64. The van der Waals surface area contributed by atoms with Crippen molar-refractivity contribution in [1.29, 1.82) is 0 Å². The van der Waals surface area contributed by atoms with Crippen LogP contribution in [0, 0.1) is 0 Å². The number of aromatic nitrogens is 3. The zero-order chi connectivity index (χ0) is 16.8. The SMILES string of the molecule is CCc1cncc(C(=O)N[C@H]2CCOC[C@H]2Nc2ccncn2)c1. The first-order chi connectivity index (χ1) is 11.8. The fourth-order valence-electron chi connectivity index (χ4n) is 2.68. The van der Waals surface area contributed by atoms with E-state index in [1.54, 1.807) is 24.7 Å². The molecule has 0 aliphatic carbocycles. The van der Waals surface area contributed by atoms with E-state index in [0.717, 1.165) is 24.2 Å². The van der Waals surface area contributed by atoms with Gasteiger partial charge in [0, 0.05) is 25.2 Å². The highest BCUT2D eigenvalue weighted by molar-refractivity contribution is 5.94. The number of amides is 1. The summed E-state index contributed by atoms with van der Waals surface area (Å²) < 4.78 is 5.54. The van der Waals surface area contributed by atoms with Gasteiger partial charge in [0.1, 0.15) is 12.1 Å². The van der Waals surface area contributed by atoms with Gasteiger partial charge in [-0.25, -0.2) is 9.97 Å². The number of pyridine rings is 1. The second kappa shape index (κ2) is 7.83. The van der Waals surface area contributed by atoms with Gasteiger partial charge in [0.15, 0.2) is 0 Å². The Labute approximate surface area is 140 Å². The number of carbonyl (C=O) groups excluding carboxylic acids is 1. The van der Waals surface area contributed by atoms with Crippen molar-refractivity contribution < 1.29 is 9.53 Å². The Morgan fingerprint density at radius 2 is 2.25 bits per heavy atom. The van der Waals surface area contributed by atoms with E-state index < -0.39 is 0 Å². The highest BCUT2D eigenvalue weighted by atomic mass is 16.5. The fourth-order valence-corrected chi connectivity index (χ4v) is 2.68. The summed E-state index contributed by atoms with van der Waals surface area (Å²) in [5.41, 5.74) is 1.63. The van der Waals surface area contributed by atoms with E-state index in [4.69, 9.17) is 4.74 Å². The molecule has 1 saturated heterocycles. The third kappa shape index (κ3) is 4.05. The molecule has 1 aliphatic rings. The molecule has 0 unspecified atom stereocenters. The second-order valence-corrected chi connectivity index (χ2v) is 5.72. The van der Waals surface area contributed by atoms with Crippen LogP contribution in [-0.4, -0.2) is 46.2 Å². The molecule has 2 aromatic heterocycles. The molecule has 24 heavy (non-hydrogen) atoms. The molecule has 7 heteroatoms. The molecule has 3 rings (SSSR count). The molecule has 126 valence electrons. The lowest BCUT2D eigenvalue weighted by atomic mass is 10.0. The van der Waals surface area contributed by atoms with Crippen LogP contribution in [0.2, 0.25) is 0 Å². The average molecular weight is 327 g/mol. The van der Waals surface area contributed by atoms with Crippen LogP contribution < -0.4 is 10.6 Å². The van der Waals surface area contributed by atoms with Crippen LogP contribution in [0.15, 0.2) is 37.1 Å². The number of rotatable bonds is 5. The minimum absolute atomic E-state index is 0.0357. The van der Waals surface area contributed by atoms with Crippen LogP contribution >= 0.6 is 0 Å². The van der Waals surface area contributed by atoms with E-state index in [9.17, 15) is 4.79 Å². The summed E-state index contributed by atoms with van der Waals surface area (Å²) in [6.07, 6.45) is 8.14. The zero-order valence-corrected chi connectivity index (χ0v) is 13.6. The van der Waals surface area contributed by atoms with Crippen LogP contribution in [-0.2, 0) is 11.2 Å². The minimum atomic E-state index is -0.112. The number of nitrogens with one attached hydrogen (secondary N) is 2. The van der Waals surface area contributed by atoms with Gasteiger partial charge in [-0.05, 0) is 30.5 Å². The maximum Gasteiger partial charge on any atom is 0.253 e. The normalized spacial score (nSPS) is 20.4. The minimum Gasteiger partial charge on any atom is -0.379 e. The first-order valence-corrected chi connectivity index (χ1v) is 8.11. The van der Waals surface area contributed by atoms with Crippen LogP contribution in [0.4, 0.5) is 5.82 Å². The van der Waals surface area contributed by atoms with Crippen molar-refractivity contribution in [2.75, 3.05) is 18.5 Å². The fraction of sp³-hybridized carbons (Fsp3) is 0.412. The molecular formula is C17H21N5O2. The predicted octanol–water partition coefficient (Wildman–Crippen LogP) is 1.43. The number of hydrogen-bond acceptors (Lipinski definition) is 6. The number of ether oxygens (including phenoxy) is 1. The van der Waals surface area contributed by atoms with Gasteiger partial charge in [-0.1, -0.05) is 6.92 Å². The van der Waals surface area contributed by atoms with Crippen LogP contribution in [0.25, 0.3) is 0 Å². The maximum atomic E-state index is 12.5. The van der Waals surface area contributed by atoms with Gasteiger partial charge in [0.05, 0.1) is 24.3 Å². The molecule has 0 spiro atoms. The first kappa shape index (κ1) is 16.3.